The zero-order valence-corrected chi connectivity index (χ0v) is 22.6. The van der Waals surface area contributed by atoms with Crippen LogP contribution in [0.25, 0.3) is 11.7 Å². The molecule has 0 radical (unpaired) electrons. The van der Waals surface area contributed by atoms with E-state index in [9.17, 15) is 9.59 Å². The summed E-state index contributed by atoms with van der Waals surface area (Å²) in [6.45, 7) is 8.22. The van der Waals surface area contributed by atoms with Crippen LogP contribution in [0, 0.1) is 27.7 Å². The minimum Gasteiger partial charge on any atom is -0.438 e. The molecule has 0 atom stereocenters. The summed E-state index contributed by atoms with van der Waals surface area (Å²) in [5.74, 6) is 0.505. The van der Waals surface area contributed by atoms with Gasteiger partial charge in [0.05, 0.1) is 11.4 Å². The van der Waals surface area contributed by atoms with Gasteiger partial charge in [0.1, 0.15) is 21.3 Å². The number of hydrogen-bond donors (Lipinski definition) is 0. The molecule has 8 heteroatoms. The molecule has 37 heavy (non-hydrogen) atoms. The average molecular weight is 528 g/mol. The highest BCUT2D eigenvalue weighted by molar-refractivity contribution is 8.26. The second-order valence-corrected chi connectivity index (χ2v) is 10.7. The van der Waals surface area contributed by atoms with Crippen LogP contribution in [0.4, 0.5) is 0 Å². The van der Waals surface area contributed by atoms with E-state index in [2.05, 4.69) is 0 Å². The van der Waals surface area contributed by atoms with Gasteiger partial charge in [0.15, 0.2) is 0 Å². The molecule has 5 rings (SSSR count). The Morgan fingerprint density at radius 1 is 0.973 bits per heavy atom. The largest absolute Gasteiger partial charge is 0.438 e. The molecule has 0 saturated carbocycles. The Labute approximate surface area is 224 Å². The van der Waals surface area contributed by atoms with Crippen LogP contribution in [-0.4, -0.2) is 24.5 Å². The third-order valence-electron chi connectivity index (χ3n) is 6.42. The molecule has 3 heterocycles. The number of pyridine rings is 1. The number of amides is 1. The number of nitrogens with zero attached hydrogens (tertiary/aromatic N) is 3. The van der Waals surface area contributed by atoms with Crippen LogP contribution >= 0.6 is 24.0 Å². The van der Waals surface area contributed by atoms with Gasteiger partial charge >= 0.3 is 0 Å². The highest BCUT2D eigenvalue weighted by Crippen LogP contribution is 2.35. The molecule has 0 aliphatic carbocycles. The first-order valence-corrected chi connectivity index (χ1v) is 13.0. The summed E-state index contributed by atoms with van der Waals surface area (Å²) in [4.78, 5) is 33.6. The molecule has 0 unspecified atom stereocenters. The molecular weight excluding hydrogens is 502 g/mol. The van der Waals surface area contributed by atoms with Crippen molar-refractivity contribution in [2.75, 3.05) is 0 Å². The van der Waals surface area contributed by atoms with E-state index < -0.39 is 0 Å². The second kappa shape index (κ2) is 9.95. The van der Waals surface area contributed by atoms with Crippen LogP contribution in [0.3, 0.4) is 0 Å². The number of thiocarbonyl (C=S) groups is 1. The Hall–Kier alpha value is -3.75. The lowest BCUT2D eigenvalue weighted by Gasteiger charge is -2.15. The van der Waals surface area contributed by atoms with E-state index in [1.807, 2.05) is 76.2 Å². The normalized spacial score (nSPS) is 14.7. The molecule has 0 N–H and O–H groups in total. The highest BCUT2D eigenvalue weighted by Gasteiger charge is 2.33. The number of carbonyl (C=O) groups excluding carboxylic acids is 1. The van der Waals surface area contributed by atoms with E-state index in [1.165, 1.54) is 16.2 Å². The molecule has 2 aromatic heterocycles. The maximum Gasteiger partial charge on any atom is 0.269 e. The van der Waals surface area contributed by atoms with E-state index in [4.69, 9.17) is 21.9 Å². The second-order valence-electron chi connectivity index (χ2n) is 9.07. The van der Waals surface area contributed by atoms with Crippen LogP contribution in [-0.2, 0) is 11.3 Å². The maximum absolute atomic E-state index is 13.7. The standard InChI is InChI=1S/C29H25N3O3S2/c1-17-10-12-21(13-11-17)16-32-28(34)24(37-29(32)36)15-22-26(35-23-9-5-7-18(2)20(23)4)30-25-19(3)8-6-14-31(25)27(22)33/h5-15H,16H2,1-4H3/b24-15+. The van der Waals surface area contributed by atoms with E-state index in [0.717, 1.165) is 27.8 Å². The van der Waals surface area contributed by atoms with Crippen LogP contribution in [0.1, 0.15) is 33.4 Å². The predicted molar refractivity (Wildman–Crippen MR) is 152 cm³/mol. The van der Waals surface area contributed by atoms with Crippen molar-refractivity contribution in [1.29, 1.82) is 0 Å². The molecule has 186 valence electrons. The number of rotatable bonds is 5. The van der Waals surface area contributed by atoms with E-state index >= 15 is 0 Å². The van der Waals surface area contributed by atoms with Crippen LogP contribution in [0.2, 0.25) is 0 Å². The van der Waals surface area contributed by atoms with Crippen molar-refractivity contribution in [1.82, 2.24) is 14.3 Å². The average Bonchev–Trinajstić information content (AvgIpc) is 3.13. The first kappa shape index (κ1) is 24.9. The van der Waals surface area contributed by atoms with Crippen LogP contribution in [0.15, 0.2) is 70.5 Å². The molecule has 1 saturated heterocycles. The lowest BCUT2D eigenvalue weighted by atomic mass is 10.1. The van der Waals surface area contributed by atoms with Crippen molar-refractivity contribution in [3.05, 3.63) is 109 Å². The number of fused-ring (bicyclic) bond motifs is 1. The minimum atomic E-state index is -0.321. The molecule has 2 aromatic carbocycles. The number of aromatic nitrogens is 2. The third kappa shape index (κ3) is 4.82. The Kier molecular flexibility index (Phi) is 6.70. The van der Waals surface area contributed by atoms with Gasteiger partial charge in [0.2, 0.25) is 5.88 Å². The summed E-state index contributed by atoms with van der Waals surface area (Å²) in [5, 5.41) is 0. The smallest absolute Gasteiger partial charge is 0.269 e. The zero-order valence-electron chi connectivity index (χ0n) is 20.9. The SMILES string of the molecule is Cc1ccc(CN2C(=O)/C(=C\c3c(Oc4cccc(C)c4C)nc4c(C)cccn4c3=O)SC2=S)cc1. The fourth-order valence-electron chi connectivity index (χ4n) is 4.08. The fourth-order valence-corrected chi connectivity index (χ4v) is 5.31. The van der Waals surface area contributed by atoms with Gasteiger partial charge in [-0.1, -0.05) is 72.0 Å². The van der Waals surface area contributed by atoms with Crippen molar-refractivity contribution < 1.29 is 9.53 Å². The van der Waals surface area contributed by atoms with Gasteiger partial charge in [-0.05, 0) is 68.2 Å². The quantitative estimate of drug-likeness (QED) is 0.230. The maximum atomic E-state index is 13.7. The topological polar surface area (TPSA) is 63.9 Å². The summed E-state index contributed by atoms with van der Waals surface area (Å²) in [7, 11) is 0. The predicted octanol–water partition coefficient (Wildman–Crippen LogP) is 6.12. The van der Waals surface area contributed by atoms with Gasteiger partial charge in [-0.15, -0.1) is 0 Å². The Morgan fingerprint density at radius 3 is 2.46 bits per heavy atom. The molecule has 1 fully saturated rings. The molecule has 4 aromatic rings. The first-order valence-electron chi connectivity index (χ1n) is 11.8. The molecule has 0 spiro atoms. The Balaban J connectivity index is 1.59. The first-order chi connectivity index (χ1) is 17.7. The number of benzene rings is 2. The number of thioether (sulfide) groups is 1. The Morgan fingerprint density at radius 2 is 1.70 bits per heavy atom. The van der Waals surface area contributed by atoms with E-state index in [0.29, 0.717) is 27.2 Å². The fraction of sp³-hybridized carbons (Fsp3) is 0.172. The number of aryl methyl sites for hydroxylation is 3. The molecule has 1 amide bonds. The Bertz CT molecular complexity index is 1660. The van der Waals surface area contributed by atoms with Gasteiger partial charge in [-0.3, -0.25) is 18.9 Å². The van der Waals surface area contributed by atoms with Gasteiger partial charge in [0, 0.05) is 6.20 Å². The molecule has 1 aliphatic heterocycles. The number of hydrogen-bond acceptors (Lipinski definition) is 6. The summed E-state index contributed by atoms with van der Waals surface area (Å²) in [6.07, 6.45) is 3.22. The van der Waals surface area contributed by atoms with Gasteiger partial charge < -0.3 is 4.74 Å². The number of carbonyl (C=O) groups is 1. The lowest BCUT2D eigenvalue weighted by Crippen LogP contribution is -2.27. The van der Waals surface area contributed by atoms with Crippen molar-refractivity contribution in [2.45, 2.75) is 34.2 Å². The highest BCUT2D eigenvalue weighted by atomic mass is 32.2. The van der Waals surface area contributed by atoms with Gasteiger partial charge in [0.25, 0.3) is 11.5 Å². The van der Waals surface area contributed by atoms with Crippen molar-refractivity contribution in [3.63, 3.8) is 0 Å². The van der Waals surface area contributed by atoms with Crippen molar-refractivity contribution in [3.8, 4) is 11.6 Å². The number of ether oxygens (including phenoxy) is 1. The van der Waals surface area contributed by atoms with Crippen LogP contribution in [0.5, 0.6) is 11.6 Å². The molecule has 6 nitrogen and oxygen atoms in total. The summed E-state index contributed by atoms with van der Waals surface area (Å²) in [5.41, 5.74) is 5.33. The van der Waals surface area contributed by atoms with Gasteiger partial charge in [-0.2, -0.15) is 4.98 Å². The van der Waals surface area contributed by atoms with Crippen molar-refractivity contribution >= 4 is 45.9 Å². The molecule has 1 aliphatic rings. The third-order valence-corrected chi connectivity index (χ3v) is 7.80. The zero-order chi connectivity index (χ0) is 26.3. The minimum absolute atomic E-state index is 0.150. The van der Waals surface area contributed by atoms with E-state index in [-0.39, 0.29) is 22.9 Å². The monoisotopic (exact) mass is 527 g/mol. The van der Waals surface area contributed by atoms with Crippen molar-refractivity contribution in [2.24, 2.45) is 0 Å². The van der Waals surface area contributed by atoms with Crippen LogP contribution < -0.4 is 10.3 Å². The molecule has 0 bridgehead atoms. The summed E-state index contributed by atoms with van der Waals surface area (Å²) < 4.78 is 8.15. The summed E-state index contributed by atoms with van der Waals surface area (Å²) >= 11 is 6.70. The molecular formula is C29H25N3O3S2. The van der Waals surface area contributed by atoms with E-state index in [1.54, 1.807) is 23.2 Å². The van der Waals surface area contributed by atoms with Gasteiger partial charge in [-0.25, -0.2) is 0 Å². The summed E-state index contributed by atoms with van der Waals surface area (Å²) in [6, 6.07) is 17.4. The lowest BCUT2D eigenvalue weighted by molar-refractivity contribution is -0.122.